The third-order valence-electron chi connectivity index (χ3n) is 10.2. The molecule has 3 amide bonds. The average molecular weight is 586 g/mol. The number of anilines is 1. The topological polar surface area (TPSA) is 106 Å². The van der Waals surface area contributed by atoms with Crippen molar-refractivity contribution in [3.05, 3.63) is 66.2 Å². The van der Waals surface area contributed by atoms with Crippen molar-refractivity contribution in [2.75, 3.05) is 18.5 Å². The molecular weight excluding hydrogens is 546 g/mol. The van der Waals surface area contributed by atoms with Crippen LogP contribution in [0.3, 0.4) is 0 Å². The summed E-state index contributed by atoms with van der Waals surface area (Å²) in [5.41, 5.74) is 0.437. The van der Waals surface area contributed by atoms with Crippen LogP contribution in [0.15, 0.2) is 60.7 Å². The molecule has 3 fully saturated rings. The maximum Gasteiger partial charge on any atom is 0.246 e. The smallest absolute Gasteiger partial charge is 0.246 e. The molecule has 2 saturated heterocycles. The lowest BCUT2D eigenvalue weighted by Crippen LogP contribution is -2.59. The molecule has 0 aromatic heterocycles. The van der Waals surface area contributed by atoms with Gasteiger partial charge in [0.2, 0.25) is 17.7 Å². The van der Waals surface area contributed by atoms with E-state index in [9.17, 15) is 14.4 Å². The SMILES string of the molecule is Cc1cccc(NC(=O)C2[C@H]3C=CC4(O3)C(C(=O)NC3CCCC(C)C3C)N(CC3COc5ccccc5O3)C(=O)[C@@H]24)c1. The second kappa shape index (κ2) is 10.7. The number of amides is 3. The standard InChI is InChI=1S/C34H39N3O6/c1-19-8-6-10-22(16-19)35-31(38)28-27-14-15-34(43-27)29(28)33(40)37(17-23-18-41-25-12-4-5-13-26(25)42-23)30(34)32(39)36-24-11-7-9-20(2)21(24)3/h4-6,8,10,12-16,20-21,23-24,27-30H,7,9,11,17-18H2,1-3H3,(H,35,38)(H,36,39)/t20?,21?,23?,24?,27-,28?,29-,30?,34?/m1/s1. The highest BCUT2D eigenvalue weighted by Gasteiger charge is 2.73. The quantitative estimate of drug-likeness (QED) is 0.499. The number of rotatable bonds is 6. The summed E-state index contributed by atoms with van der Waals surface area (Å²) in [6.45, 7) is 6.73. The number of carbonyl (C=O) groups excluding carboxylic acids is 3. The summed E-state index contributed by atoms with van der Waals surface area (Å²) in [6.07, 6.45) is 5.69. The van der Waals surface area contributed by atoms with Gasteiger partial charge in [0.05, 0.1) is 24.5 Å². The zero-order chi connectivity index (χ0) is 29.9. The lowest BCUT2D eigenvalue weighted by atomic mass is 9.73. The Balaban J connectivity index is 1.19. The molecule has 1 spiro atoms. The van der Waals surface area contributed by atoms with E-state index in [4.69, 9.17) is 14.2 Å². The summed E-state index contributed by atoms with van der Waals surface area (Å²) in [7, 11) is 0. The number of para-hydroxylation sites is 2. The number of hydrogen-bond donors (Lipinski definition) is 2. The molecule has 4 aliphatic heterocycles. The predicted octanol–water partition coefficient (Wildman–Crippen LogP) is 3.87. The van der Waals surface area contributed by atoms with Gasteiger partial charge in [-0.2, -0.15) is 0 Å². The number of fused-ring (bicyclic) bond motifs is 2. The molecule has 2 N–H and O–H groups in total. The summed E-state index contributed by atoms with van der Waals surface area (Å²) in [6, 6.07) is 14.0. The Morgan fingerprint density at radius 3 is 2.67 bits per heavy atom. The van der Waals surface area contributed by atoms with Crippen molar-refractivity contribution >= 4 is 23.4 Å². The Morgan fingerprint density at radius 1 is 1.05 bits per heavy atom. The van der Waals surface area contributed by atoms with E-state index < -0.39 is 35.7 Å². The van der Waals surface area contributed by atoms with Crippen LogP contribution >= 0.6 is 0 Å². The minimum absolute atomic E-state index is 0.00721. The molecule has 2 bridgehead atoms. The number of ether oxygens (including phenoxy) is 3. The molecule has 9 heteroatoms. The molecule has 4 heterocycles. The van der Waals surface area contributed by atoms with Crippen LogP contribution in [0.2, 0.25) is 0 Å². The van der Waals surface area contributed by atoms with E-state index in [1.165, 1.54) is 0 Å². The van der Waals surface area contributed by atoms with E-state index in [2.05, 4.69) is 24.5 Å². The number of nitrogens with one attached hydrogen (secondary N) is 2. The normalized spacial score (nSPS) is 35.5. The van der Waals surface area contributed by atoms with Gasteiger partial charge in [0.15, 0.2) is 17.6 Å². The van der Waals surface area contributed by atoms with Gasteiger partial charge in [-0.05, 0) is 55.0 Å². The van der Waals surface area contributed by atoms with Crippen LogP contribution in [0.1, 0.15) is 38.7 Å². The van der Waals surface area contributed by atoms with Gasteiger partial charge in [0, 0.05) is 11.7 Å². The largest absolute Gasteiger partial charge is 0.486 e. The van der Waals surface area contributed by atoms with Crippen LogP contribution in [-0.2, 0) is 19.1 Å². The summed E-state index contributed by atoms with van der Waals surface area (Å²) in [5.74, 6) is -0.356. The van der Waals surface area contributed by atoms with E-state index >= 15 is 0 Å². The van der Waals surface area contributed by atoms with Gasteiger partial charge in [0.25, 0.3) is 0 Å². The third kappa shape index (κ3) is 4.69. The monoisotopic (exact) mass is 585 g/mol. The zero-order valence-electron chi connectivity index (χ0n) is 24.8. The zero-order valence-corrected chi connectivity index (χ0v) is 24.8. The fraction of sp³-hybridized carbons (Fsp3) is 0.500. The minimum atomic E-state index is -1.24. The molecule has 2 aromatic carbocycles. The van der Waals surface area contributed by atoms with Gasteiger partial charge in [0.1, 0.15) is 18.2 Å². The molecule has 226 valence electrons. The van der Waals surface area contributed by atoms with Gasteiger partial charge in [-0.3, -0.25) is 14.4 Å². The number of likely N-dealkylation sites (tertiary alicyclic amines) is 1. The number of carbonyl (C=O) groups is 3. The van der Waals surface area contributed by atoms with E-state index in [0.717, 1.165) is 24.8 Å². The van der Waals surface area contributed by atoms with Crippen LogP contribution in [-0.4, -0.2) is 65.7 Å². The Bertz CT molecular complexity index is 1480. The fourth-order valence-electron chi connectivity index (χ4n) is 7.83. The van der Waals surface area contributed by atoms with Crippen molar-refractivity contribution in [1.82, 2.24) is 10.2 Å². The van der Waals surface area contributed by atoms with E-state index in [0.29, 0.717) is 29.0 Å². The Morgan fingerprint density at radius 2 is 1.86 bits per heavy atom. The molecule has 0 radical (unpaired) electrons. The van der Waals surface area contributed by atoms with Crippen molar-refractivity contribution in [2.45, 2.75) is 69.9 Å². The van der Waals surface area contributed by atoms with Gasteiger partial charge in [-0.1, -0.05) is 63.1 Å². The predicted molar refractivity (Wildman–Crippen MR) is 159 cm³/mol. The Kier molecular flexibility index (Phi) is 6.95. The van der Waals surface area contributed by atoms with Gasteiger partial charge >= 0.3 is 0 Å². The molecule has 9 nitrogen and oxygen atoms in total. The van der Waals surface area contributed by atoms with Crippen molar-refractivity contribution < 1.29 is 28.6 Å². The lowest BCUT2D eigenvalue weighted by Gasteiger charge is -2.38. The molecule has 9 atom stereocenters. The molecule has 7 rings (SSSR count). The second-order valence-electron chi connectivity index (χ2n) is 12.9. The van der Waals surface area contributed by atoms with Gasteiger partial charge < -0.3 is 29.7 Å². The average Bonchev–Trinajstić information content (AvgIpc) is 3.63. The highest BCUT2D eigenvalue weighted by molar-refractivity contribution is 6.02. The first-order chi connectivity index (χ1) is 20.7. The number of aryl methyl sites for hydroxylation is 1. The Labute approximate surface area is 251 Å². The van der Waals surface area contributed by atoms with Gasteiger partial charge in [-0.25, -0.2) is 0 Å². The van der Waals surface area contributed by atoms with E-state index in [1.54, 1.807) is 4.90 Å². The first-order valence-corrected chi connectivity index (χ1v) is 15.5. The maximum atomic E-state index is 14.4. The second-order valence-corrected chi connectivity index (χ2v) is 12.9. The number of hydrogen-bond acceptors (Lipinski definition) is 6. The third-order valence-corrected chi connectivity index (χ3v) is 10.2. The van der Waals surface area contributed by atoms with Crippen molar-refractivity contribution in [3.63, 3.8) is 0 Å². The van der Waals surface area contributed by atoms with Gasteiger partial charge in [-0.15, -0.1) is 0 Å². The summed E-state index contributed by atoms with van der Waals surface area (Å²) < 4.78 is 18.7. The molecule has 1 aliphatic carbocycles. The number of benzene rings is 2. The highest BCUT2D eigenvalue weighted by atomic mass is 16.6. The van der Waals surface area contributed by atoms with Crippen molar-refractivity contribution in [3.8, 4) is 11.5 Å². The van der Waals surface area contributed by atoms with Crippen LogP contribution in [0.5, 0.6) is 11.5 Å². The maximum absolute atomic E-state index is 14.4. The van der Waals surface area contributed by atoms with Crippen LogP contribution in [0.25, 0.3) is 0 Å². The van der Waals surface area contributed by atoms with E-state index in [-0.39, 0.29) is 36.9 Å². The van der Waals surface area contributed by atoms with E-state index in [1.807, 2.05) is 67.6 Å². The van der Waals surface area contributed by atoms with Crippen LogP contribution < -0.4 is 20.1 Å². The molecule has 7 unspecified atom stereocenters. The lowest BCUT2D eigenvalue weighted by molar-refractivity contribution is -0.143. The van der Waals surface area contributed by atoms with Crippen molar-refractivity contribution in [2.24, 2.45) is 23.7 Å². The first kappa shape index (κ1) is 28.0. The summed E-state index contributed by atoms with van der Waals surface area (Å²) in [5, 5.41) is 6.30. The van der Waals surface area contributed by atoms with Crippen LogP contribution in [0.4, 0.5) is 5.69 Å². The molecule has 1 saturated carbocycles. The number of nitrogens with zero attached hydrogens (tertiary/aromatic N) is 1. The first-order valence-electron chi connectivity index (χ1n) is 15.5. The summed E-state index contributed by atoms with van der Waals surface area (Å²) >= 11 is 0. The Hall–Kier alpha value is -3.85. The fourth-order valence-corrected chi connectivity index (χ4v) is 7.83. The molecule has 2 aromatic rings. The van der Waals surface area contributed by atoms with Crippen molar-refractivity contribution in [1.29, 1.82) is 0 Å². The summed E-state index contributed by atoms with van der Waals surface area (Å²) in [4.78, 5) is 44.0. The highest BCUT2D eigenvalue weighted by Crippen LogP contribution is 2.55. The molecule has 5 aliphatic rings. The molecular formula is C34H39N3O6. The minimum Gasteiger partial charge on any atom is -0.486 e. The van der Waals surface area contributed by atoms with Crippen LogP contribution in [0, 0.1) is 30.6 Å². The molecule has 43 heavy (non-hydrogen) atoms.